The summed E-state index contributed by atoms with van der Waals surface area (Å²) in [5.41, 5.74) is 2.17. The topological polar surface area (TPSA) is 47.0 Å². The van der Waals surface area contributed by atoms with E-state index in [1.807, 2.05) is 13.0 Å². The van der Waals surface area contributed by atoms with Gasteiger partial charge in [0.05, 0.1) is 10.6 Å². The average molecular weight is 329 g/mol. The van der Waals surface area contributed by atoms with Crippen LogP contribution in [0.3, 0.4) is 0 Å². The molecular weight excluding hydrogens is 313 g/mol. The van der Waals surface area contributed by atoms with Crippen molar-refractivity contribution in [1.82, 2.24) is 4.98 Å². The van der Waals surface area contributed by atoms with Gasteiger partial charge in [0.15, 0.2) is 9.84 Å². The fourth-order valence-electron chi connectivity index (χ4n) is 2.69. The lowest BCUT2D eigenvalue weighted by molar-refractivity contribution is 0.602. The Labute approximate surface area is 134 Å². The molecule has 2 aromatic carbocycles. The summed E-state index contributed by atoms with van der Waals surface area (Å²) in [5.74, 6) is -0.414. The van der Waals surface area contributed by atoms with Crippen LogP contribution in [0.1, 0.15) is 12.5 Å². The predicted molar refractivity (Wildman–Crippen MR) is 89.6 cm³/mol. The Morgan fingerprint density at radius 1 is 1.09 bits per heavy atom. The van der Waals surface area contributed by atoms with Crippen LogP contribution in [0.15, 0.2) is 53.4 Å². The lowest BCUT2D eigenvalue weighted by Crippen LogP contribution is -2.03. The van der Waals surface area contributed by atoms with Crippen molar-refractivity contribution in [3.05, 3.63) is 59.9 Å². The molecule has 1 aromatic heterocycles. The highest BCUT2D eigenvalue weighted by Crippen LogP contribution is 2.31. The molecule has 0 unspecified atom stereocenters. The standard InChI is InChI=1S/C18H16FNO2S/c1-3-12-11-13-7-6-9-15(19)18(13)20-17(12)14-8-4-5-10-16(14)23(2,21)22/h4-11H,3H2,1-2H3. The van der Waals surface area contributed by atoms with Crippen molar-refractivity contribution >= 4 is 20.7 Å². The molecule has 0 N–H and O–H groups in total. The molecule has 118 valence electrons. The molecule has 0 fully saturated rings. The van der Waals surface area contributed by atoms with E-state index >= 15 is 0 Å². The number of pyridine rings is 1. The van der Waals surface area contributed by atoms with Gasteiger partial charge in [-0.1, -0.05) is 37.3 Å². The molecule has 0 saturated heterocycles. The quantitative estimate of drug-likeness (QED) is 0.729. The first-order valence-electron chi connectivity index (χ1n) is 7.29. The summed E-state index contributed by atoms with van der Waals surface area (Å²) in [7, 11) is -3.40. The highest BCUT2D eigenvalue weighted by molar-refractivity contribution is 7.90. The monoisotopic (exact) mass is 329 g/mol. The second-order valence-corrected chi connectivity index (χ2v) is 7.41. The highest BCUT2D eigenvalue weighted by Gasteiger charge is 2.18. The van der Waals surface area contributed by atoms with Crippen LogP contribution in [0.4, 0.5) is 4.39 Å². The van der Waals surface area contributed by atoms with E-state index in [4.69, 9.17) is 0 Å². The fourth-order valence-corrected chi connectivity index (χ4v) is 3.58. The van der Waals surface area contributed by atoms with E-state index in [1.165, 1.54) is 12.3 Å². The third-order valence-electron chi connectivity index (χ3n) is 3.80. The molecule has 0 saturated carbocycles. The Morgan fingerprint density at radius 3 is 2.52 bits per heavy atom. The van der Waals surface area contributed by atoms with Gasteiger partial charge in [0.25, 0.3) is 0 Å². The lowest BCUT2D eigenvalue weighted by Gasteiger charge is -2.13. The summed E-state index contributed by atoms with van der Waals surface area (Å²) in [4.78, 5) is 4.66. The molecule has 5 heteroatoms. The molecule has 0 aliphatic rings. The zero-order valence-corrected chi connectivity index (χ0v) is 13.7. The van der Waals surface area contributed by atoms with Gasteiger partial charge in [-0.2, -0.15) is 0 Å². The molecule has 3 rings (SSSR count). The van der Waals surface area contributed by atoms with Crippen molar-refractivity contribution in [2.24, 2.45) is 0 Å². The van der Waals surface area contributed by atoms with Crippen LogP contribution in [-0.4, -0.2) is 19.7 Å². The van der Waals surface area contributed by atoms with Crippen LogP contribution in [0.2, 0.25) is 0 Å². The Balaban J connectivity index is 2.39. The van der Waals surface area contributed by atoms with E-state index in [2.05, 4.69) is 4.98 Å². The minimum absolute atomic E-state index is 0.206. The third kappa shape index (κ3) is 2.84. The van der Waals surface area contributed by atoms with Crippen LogP contribution in [0.25, 0.3) is 22.2 Å². The smallest absolute Gasteiger partial charge is 0.176 e. The predicted octanol–water partition coefficient (Wildman–Crippen LogP) is 4.01. The van der Waals surface area contributed by atoms with Crippen LogP contribution >= 0.6 is 0 Å². The number of para-hydroxylation sites is 1. The number of rotatable bonds is 3. The number of nitrogens with zero attached hydrogens (tertiary/aromatic N) is 1. The molecule has 0 amide bonds. The maximum absolute atomic E-state index is 14.1. The summed E-state index contributed by atoms with van der Waals surface area (Å²) in [6.45, 7) is 1.97. The Hall–Kier alpha value is -2.27. The molecule has 0 radical (unpaired) electrons. The Bertz CT molecular complexity index is 997. The van der Waals surface area contributed by atoms with Crippen molar-refractivity contribution in [1.29, 1.82) is 0 Å². The zero-order chi connectivity index (χ0) is 16.6. The first-order valence-corrected chi connectivity index (χ1v) is 9.18. The average Bonchev–Trinajstić information content (AvgIpc) is 2.53. The number of hydrogen-bond acceptors (Lipinski definition) is 3. The highest BCUT2D eigenvalue weighted by atomic mass is 32.2. The van der Waals surface area contributed by atoms with Crippen LogP contribution < -0.4 is 0 Å². The maximum Gasteiger partial charge on any atom is 0.176 e. The van der Waals surface area contributed by atoms with Gasteiger partial charge < -0.3 is 0 Å². The molecule has 0 atom stereocenters. The molecular formula is C18H16FNO2S. The van der Waals surface area contributed by atoms with E-state index in [1.54, 1.807) is 36.4 Å². The molecule has 0 spiro atoms. The van der Waals surface area contributed by atoms with Crippen LogP contribution in [-0.2, 0) is 16.3 Å². The molecule has 0 aliphatic heterocycles. The minimum Gasteiger partial charge on any atom is -0.244 e. The molecule has 3 nitrogen and oxygen atoms in total. The van der Waals surface area contributed by atoms with Crippen molar-refractivity contribution in [3.8, 4) is 11.3 Å². The largest absolute Gasteiger partial charge is 0.244 e. The number of hydrogen-bond donors (Lipinski definition) is 0. The number of halogens is 1. The van der Waals surface area contributed by atoms with Gasteiger partial charge in [0.1, 0.15) is 11.3 Å². The number of aryl methyl sites for hydroxylation is 1. The first kappa shape index (κ1) is 15.6. The van der Waals surface area contributed by atoms with Crippen LogP contribution in [0.5, 0.6) is 0 Å². The molecule has 0 aliphatic carbocycles. The molecule has 3 aromatic rings. The third-order valence-corrected chi connectivity index (χ3v) is 4.95. The Morgan fingerprint density at radius 2 is 1.83 bits per heavy atom. The van der Waals surface area contributed by atoms with Gasteiger partial charge in [-0.15, -0.1) is 0 Å². The second-order valence-electron chi connectivity index (χ2n) is 5.43. The van der Waals surface area contributed by atoms with Gasteiger partial charge in [-0.25, -0.2) is 17.8 Å². The van der Waals surface area contributed by atoms with Gasteiger partial charge in [-0.3, -0.25) is 0 Å². The van der Waals surface area contributed by atoms with Crippen molar-refractivity contribution < 1.29 is 12.8 Å². The van der Waals surface area contributed by atoms with E-state index in [-0.39, 0.29) is 10.4 Å². The summed E-state index contributed by atoms with van der Waals surface area (Å²) in [6, 6.07) is 13.4. The number of sulfone groups is 1. The van der Waals surface area contributed by atoms with E-state index in [0.29, 0.717) is 23.1 Å². The van der Waals surface area contributed by atoms with Crippen molar-refractivity contribution in [2.75, 3.05) is 6.26 Å². The van der Waals surface area contributed by atoms with Gasteiger partial charge in [0, 0.05) is 17.2 Å². The summed E-state index contributed by atoms with van der Waals surface area (Å²) < 4.78 is 38.2. The molecule has 23 heavy (non-hydrogen) atoms. The minimum atomic E-state index is -3.40. The summed E-state index contributed by atoms with van der Waals surface area (Å²) in [5, 5.41) is 0.711. The SMILES string of the molecule is CCc1cc2cccc(F)c2nc1-c1ccccc1S(C)(=O)=O. The lowest BCUT2D eigenvalue weighted by atomic mass is 10.0. The van der Waals surface area contributed by atoms with E-state index in [0.717, 1.165) is 5.56 Å². The fraction of sp³-hybridized carbons (Fsp3) is 0.167. The van der Waals surface area contributed by atoms with E-state index in [9.17, 15) is 12.8 Å². The summed E-state index contributed by atoms with van der Waals surface area (Å²) in [6.07, 6.45) is 1.84. The second kappa shape index (κ2) is 5.74. The van der Waals surface area contributed by atoms with Gasteiger partial charge in [-0.05, 0) is 30.2 Å². The zero-order valence-electron chi connectivity index (χ0n) is 12.9. The Kier molecular flexibility index (Phi) is 3.90. The van der Waals surface area contributed by atoms with Gasteiger partial charge in [0.2, 0.25) is 0 Å². The summed E-state index contributed by atoms with van der Waals surface area (Å²) >= 11 is 0. The number of fused-ring (bicyclic) bond motifs is 1. The first-order chi connectivity index (χ1) is 10.9. The normalized spacial score (nSPS) is 11.8. The number of aromatic nitrogens is 1. The van der Waals surface area contributed by atoms with E-state index < -0.39 is 15.7 Å². The molecule has 1 heterocycles. The maximum atomic E-state index is 14.1. The van der Waals surface area contributed by atoms with Crippen molar-refractivity contribution in [3.63, 3.8) is 0 Å². The van der Waals surface area contributed by atoms with Crippen LogP contribution in [0, 0.1) is 5.82 Å². The van der Waals surface area contributed by atoms with Crippen molar-refractivity contribution in [2.45, 2.75) is 18.2 Å². The molecule has 0 bridgehead atoms. The number of benzene rings is 2. The van der Waals surface area contributed by atoms with Gasteiger partial charge >= 0.3 is 0 Å².